The van der Waals surface area contributed by atoms with Crippen LogP contribution in [0, 0.1) is 9.49 Å². The fourth-order valence-corrected chi connectivity index (χ4v) is 2.91. The first-order valence-electron chi connectivity index (χ1n) is 7.45. The number of hydrogen-bond acceptors (Lipinski definition) is 3. The summed E-state index contributed by atoms with van der Waals surface area (Å²) in [5.74, 6) is 0.628. The van der Waals surface area contributed by atoms with Crippen molar-refractivity contribution in [1.82, 2.24) is 5.32 Å². The van der Waals surface area contributed by atoms with Crippen molar-refractivity contribution in [3.8, 4) is 0 Å². The standard InChI is InChI=1S/C16H22INO3/c17-15-5-2-1-4-14(15)16(19)18-8-3-9-21-12-13-6-10-20-11-7-13/h1-2,4-5,13H,3,6-12H2,(H,18,19). The molecule has 1 aromatic rings. The summed E-state index contributed by atoms with van der Waals surface area (Å²) in [5, 5.41) is 2.93. The summed E-state index contributed by atoms with van der Waals surface area (Å²) in [6.45, 7) is 3.88. The maximum absolute atomic E-state index is 12.0. The number of carbonyl (C=O) groups is 1. The third-order valence-corrected chi connectivity index (χ3v) is 4.50. The van der Waals surface area contributed by atoms with Gasteiger partial charge in [0.1, 0.15) is 0 Å². The maximum atomic E-state index is 12.0. The van der Waals surface area contributed by atoms with Crippen molar-refractivity contribution in [3.63, 3.8) is 0 Å². The molecule has 1 amide bonds. The molecule has 2 rings (SSSR count). The summed E-state index contributed by atoms with van der Waals surface area (Å²) >= 11 is 2.18. The number of hydrogen-bond donors (Lipinski definition) is 1. The van der Waals surface area contributed by atoms with E-state index in [-0.39, 0.29) is 5.91 Å². The second-order valence-corrected chi connectivity index (χ2v) is 6.38. The van der Waals surface area contributed by atoms with Crippen LogP contribution in [-0.2, 0) is 9.47 Å². The maximum Gasteiger partial charge on any atom is 0.252 e. The molecule has 21 heavy (non-hydrogen) atoms. The Balaban J connectivity index is 1.55. The third-order valence-electron chi connectivity index (χ3n) is 3.56. The lowest BCUT2D eigenvalue weighted by Crippen LogP contribution is -2.26. The van der Waals surface area contributed by atoms with Gasteiger partial charge in [0.25, 0.3) is 5.91 Å². The first kappa shape index (κ1) is 16.7. The minimum Gasteiger partial charge on any atom is -0.381 e. The number of rotatable bonds is 7. The van der Waals surface area contributed by atoms with Crippen molar-refractivity contribution >= 4 is 28.5 Å². The van der Waals surface area contributed by atoms with Gasteiger partial charge in [-0.25, -0.2) is 0 Å². The fourth-order valence-electron chi connectivity index (χ4n) is 2.28. The quantitative estimate of drug-likeness (QED) is 0.563. The van der Waals surface area contributed by atoms with Gasteiger partial charge in [0.15, 0.2) is 0 Å². The third kappa shape index (κ3) is 5.92. The van der Waals surface area contributed by atoms with E-state index in [1.165, 1.54) is 0 Å². The lowest BCUT2D eigenvalue weighted by Gasteiger charge is -2.21. The predicted molar refractivity (Wildman–Crippen MR) is 90.5 cm³/mol. The average Bonchev–Trinajstić information content (AvgIpc) is 2.52. The van der Waals surface area contributed by atoms with Crippen LogP contribution in [0.15, 0.2) is 24.3 Å². The molecular formula is C16H22INO3. The summed E-state index contributed by atoms with van der Waals surface area (Å²) in [6, 6.07) is 7.60. The zero-order valence-electron chi connectivity index (χ0n) is 12.1. The Bertz CT molecular complexity index is 447. The highest BCUT2D eigenvalue weighted by molar-refractivity contribution is 14.1. The van der Waals surface area contributed by atoms with E-state index in [4.69, 9.17) is 9.47 Å². The van der Waals surface area contributed by atoms with E-state index in [0.717, 1.165) is 48.2 Å². The Morgan fingerprint density at radius 2 is 2.10 bits per heavy atom. The van der Waals surface area contributed by atoms with Gasteiger partial charge in [0.2, 0.25) is 0 Å². The molecule has 1 fully saturated rings. The molecule has 1 saturated heterocycles. The van der Waals surface area contributed by atoms with Crippen LogP contribution in [0.4, 0.5) is 0 Å². The Kier molecular flexibility index (Phi) is 7.46. The SMILES string of the molecule is O=C(NCCCOCC1CCOCC1)c1ccccc1I. The number of amides is 1. The van der Waals surface area contributed by atoms with Crippen LogP contribution >= 0.6 is 22.6 Å². The van der Waals surface area contributed by atoms with Crippen LogP contribution in [0.25, 0.3) is 0 Å². The lowest BCUT2D eigenvalue weighted by molar-refractivity contribution is 0.0202. The molecule has 0 aliphatic carbocycles. The van der Waals surface area contributed by atoms with Gasteiger partial charge in [-0.05, 0) is 59.9 Å². The van der Waals surface area contributed by atoms with Crippen molar-refractivity contribution in [2.45, 2.75) is 19.3 Å². The molecule has 1 aromatic carbocycles. The summed E-state index contributed by atoms with van der Waals surface area (Å²) < 4.78 is 12.0. The van der Waals surface area contributed by atoms with Crippen LogP contribution in [0.5, 0.6) is 0 Å². The molecule has 0 saturated carbocycles. The van der Waals surface area contributed by atoms with Crippen molar-refractivity contribution in [2.24, 2.45) is 5.92 Å². The van der Waals surface area contributed by atoms with Crippen molar-refractivity contribution in [1.29, 1.82) is 0 Å². The van der Waals surface area contributed by atoms with Gasteiger partial charge in [0.05, 0.1) is 5.56 Å². The molecule has 1 aliphatic rings. The molecule has 116 valence electrons. The van der Waals surface area contributed by atoms with Gasteiger partial charge in [0, 0.05) is 36.5 Å². The van der Waals surface area contributed by atoms with Crippen LogP contribution in [-0.4, -0.2) is 38.9 Å². The van der Waals surface area contributed by atoms with Gasteiger partial charge in [-0.1, -0.05) is 12.1 Å². The topological polar surface area (TPSA) is 47.6 Å². The zero-order chi connectivity index (χ0) is 14.9. The summed E-state index contributed by atoms with van der Waals surface area (Å²) in [4.78, 5) is 12.0. The average molecular weight is 403 g/mol. The van der Waals surface area contributed by atoms with Crippen LogP contribution in [0.1, 0.15) is 29.6 Å². The van der Waals surface area contributed by atoms with Crippen LogP contribution in [0.3, 0.4) is 0 Å². The minimum atomic E-state index is -0.00979. The predicted octanol–water partition coefficient (Wildman–Crippen LogP) is 2.85. The summed E-state index contributed by atoms with van der Waals surface area (Å²) in [7, 11) is 0. The minimum absolute atomic E-state index is 0.00979. The van der Waals surface area contributed by atoms with Crippen molar-refractivity contribution in [2.75, 3.05) is 33.0 Å². The molecule has 0 spiro atoms. The normalized spacial score (nSPS) is 15.9. The Morgan fingerprint density at radius 1 is 1.33 bits per heavy atom. The molecular weight excluding hydrogens is 381 g/mol. The van der Waals surface area contributed by atoms with E-state index < -0.39 is 0 Å². The highest BCUT2D eigenvalue weighted by atomic mass is 127. The van der Waals surface area contributed by atoms with E-state index in [2.05, 4.69) is 27.9 Å². The second-order valence-electron chi connectivity index (χ2n) is 5.22. The largest absolute Gasteiger partial charge is 0.381 e. The van der Waals surface area contributed by atoms with E-state index in [1.54, 1.807) is 0 Å². The molecule has 0 radical (unpaired) electrons. The smallest absolute Gasteiger partial charge is 0.252 e. The monoisotopic (exact) mass is 403 g/mol. The molecule has 1 heterocycles. The molecule has 4 nitrogen and oxygen atoms in total. The van der Waals surface area contributed by atoms with Gasteiger partial charge in [-0.15, -0.1) is 0 Å². The summed E-state index contributed by atoms with van der Waals surface area (Å²) in [6.07, 6.45) is 3.05. The van der Waals surface area contributed by atoms with Crippen LogP contribution < -0.4 is 5.32 Å². The van der Waals surface area contributed by atoms with Gasteiger partial charge in [-0.2, -0.15) is 0 Å². The molecule has 5 heteroatoms. The Labute approximate surface area is 139 Å². The Hall–Kier alpha value is -0.660. The Morgan fingerprint density at radius 3 is 2.86 bits per heavy atom. The lowest BCUT2D eigenvalue weighted by atomic mass is 10.0. The van der Waals surface area contributed by atoms with Crippen LogP contribution in [0.2, 0.25) is 0 Å². The first-order valence-corrected chi connectivity index (χ1v) is 8.53. The molecule has 0 unspecified atom stereocenters. The first-order chi connectivity index (χ1) is 10.3. The van der Waals surface area contributed by atoms with Gasteiger partial charge < -0.3 is 14.8 Å². The molecule has 0 aromatic heterocycles. The molecule has 0 bridgehead atoms. The zero-order valence-corrected chi connectivity index (χ0v) is 14.3. The number of halogens is 1. The number of nitrogens with one attached hydrogen (secondary N) is 1. The molecule has 1 aliphatic heterocycles. The second kappa shape index (κ2) is 9.38. The fraction of sp³-hybridized carbons (Fsp3) is 0.562. The highest BCUT2D eigenvalue weighted by Gasteiger charge is 2.13. The number of ether oxygens (including phenoxy) is 2. The van der Waals surface area contributed by atoms with E-state index in [9.17, 15) is 4.79 Å². The highest BCUT2D eigenvalue weighted by Crippen LogP contribution is 2.14. The van der Waals surface area contributed by atoms with E-state index >= 15 is 0 Å². The number of benzene rings is 1. The number of carbonyl (C=O) groups excluding carboxylic acids is 1. The molecule has 1 N–H and O–H groups in total. The van der Waals surface area contributed by atoms with E-state index in [0.29, 0.717) is 19.1 Å². The van der Waals surface area contributed by atoms with Crippen molar-refractivity contribution < 1.29 is 14.3 Å². The molecule has 0 atom stereocenters. The summed E-state index contributed by atoms with van der Waals surface area (Å²) in [5.41, 5.74) is 0.737. The van der Waals surface area contributed by atoms with E-state index in [1.807, 2.05) is 24.3 Å². The van der Waals surface area contributed by atoms with Gasteiger partial charge >= 0.3 is 0 Å². The van der Waals surface area contributed by atoms with Gasteiger partial charge in [-0.3, -0.25) is 4.79 Å². The van der Waals surface area contributed by atoms with Crippen molar-refractivity contribution in [3.05, 3.63) is 33.4 Å².